The molecular weight excluding hydrogens is 271 g/mol. The molecule has 0 heterocycles. The Kier molecular flexibility index (Phi) is 22.0. The average Bonchev–Trinajstić information content (AvgIpc) is 1.62. The molecule has 0 spiro atoms. The van der Waals surface area contributed by atoms with E-state index in [1.54, 1.807) is 0 Å². The van der Waals surface area contributed by atoms with Gasteiger partial charge < -0.3 is 14.9 Å². The summed E-state index contributed by atoms with van der Waals surface area (Å²) >= 11 is 4.55. The number of halogens is 1. The summed E-state index contributed by atoms with van der Waals surface area (Å²) in [6.07, 6.45) is 0. The number of alkyl halides is 1. The molecule has 10 heteroatoms. The topological polar surface area (TPSA) is 110 Å². The largest absolute Gasteiger partial charge is 2.00 e. The van der Waals surface area contributed by atoms with Gasteiger partial charge in [-0.3, -0.25) is 0 Å². The van der Waals surface area contributed by atoms with Crippen molar-refractivity contribution in [3.8, 4) is 0 Å². The average molecular weight is 274 g/mol. The van der Waals surface area contributed by atoms with Gasteiger partial charge in [0.05, 0.1) is 0 Å². The zero-order valence-electron chi connectivity index (χ0n) is 5.18. The van der Waals surface area contributed by atoms with Crippen LogP contribution in [0, 0.1) is 0 Å². The van der Waals surface area contributed by atoms with Crippen molar-refractivity contribution in [1.29, 1.82) is 0 Å². The summed E-state index contributed by atoms with van der Waals surface area (Å²) in [5.41, 5.74) is 0. The summed E-state index contributed by atoms with van der Waals surface area (Å²) in [6.45, 7) is 0. The van der Waals surface area contributed by atoms with Gasteiger partial charge in [0, 0.05) is 0 Å². The summed E-state index contributed by atoms with van der Waals surface area (Å²) in [5, 5.41) is 7.33. The molecule has 60 valence electrons. The molecule has 2 unspecified atom stereocenters. The van der Waals surface area contributed by atoms with E-state index in [2.05, 4.69) is 15.9 Å². The first-order valence-corrected chi connectivity index (χ1v) is 4.40. The number of aliphatic hydroxyl groups excluding tert-OH is 1. The van der Waals surface area contributed by atoms with Crippen LogP contribution in [-0.4, -0.2) is 11.2 Å². The second-order valence-electron chi connectivity index (χ2n) is 0.648. The molecule has 0 aromatic carbocycles. The summed E-state index contributed by atoms with van der Waals surface area (Å²) in [5.74, 6) is 0. The van der Waals surface area contributed by atoms with Gasteiger partial charge in [0.2, 0.25) is 0 Å². The molecule has 0 aromatic heterocycles. The van der Waals surface area contributed by atoms with E-state index in [9.17, 15) is 18.9 Å². The third kappa shape index (κ3) is 35.8. The van der Waals surface area contributed by atoms with E-state index in [1.165, 1.54) is 0 Å². The number of hydrogen-bond acceptors (Lipinski definition) is 6. The molecule has 0 rings (SSSR count). The first-order valence-electron chi connectivity index (χ1n) is 1.68. The first-order chi connectivity index (χ1) is 4.54. The van der Waals surface area contributed by atoms with Gasteiger partial charge in [0.25, 0.3) is 0 Å². The van der Waals surface area contributed by atoms with Crippen molar-refractivity contribution in [3.05, 3.63) is 0 Å². The van der Waals surface area contributed by atoms with Crippen LogP contribution in [0.5, 0.6) is 0 Å². The van der Waals surface area contributed by atoms with E-state index in [1.807, 2.05) is 0 Å². The monoisotopic (exact) mass is 272 g/mol. The van der Waals surface area contributed by atoms with E-state index in [0.29, 0.717) is 0 Å². The Hall–Kier alpha value is 0.953. The van der Waals surface area contributed by atoms with Crippen LogP contribution < -0.4 is 9.79 Å². The molecule has 0 aliphatic rings. The van der Waals surface area contributed by atoms with E-state index in [-0.39, 0.29) is 25.5 Å². The Balaban J connectivity index is -0.000000140. The normalized spacial score (nSPS) is 10.2. The number of rotatable bonds is 2. The Morgan fingerprint density at radius 1 is 1.36 bits per heavy atom. The maximum absolute atomic E-state index is 9.24. The van der Waals surface area contributed by atoms with Gasteiger partial charge in [0.15, 0.2) is 0 Å². The van der Waals surface area contributed by atoms with E-state index >= 15 is 0 Å². The first kappa shape index (κ1) is 17.9. The SMILES string of the molecule is O=[P+]([O-])O[P+](=O)[O-].OCCl.[Zn+2]. The zero-order chi connectivity index (χ0) is 8.57. The molecule has 11 heavy (non-hydrogen) atoms. The quantitative estimate of drug-likeness (QED) is 0.401. The molecule has 6 nitrogen and oxygen atoms in total. The van der Waals surface area contributed by atoms with Crippen molar-refractivity contribution < 1.29 is 47.8 Å². The van der Waals surface area contributed by atoms with Crippen molar-refractivity contribution in [2.45, 2.75) is 0 Å². The van der Waals surface area contributed by atoms with Crippen LogP contribution in [-0.2, 0) is 32.9 Å². The molecule has 0 saturated carbocycles. The minimum Gasteiger partial charge on any atom is -0.563 e. The van der Waals surface area contributed by atoms with Gasteiger partial charge in [-0.25, -0.2) is 0 Å². The fourth-order valence-electron chi connectivity index (χ4n) is 0.0544. The number of aliphatic hydroxyl groups is 1. The molecule has 2 atom stereocenters. The van der Waals surface area contributed by atoms with Gasteiger partial charge in [0.1, 0.15) is 10.4 Å². The summed E-state index contributed by atoms with van der Waals surface area (Å²) in [4.78, 5) is 18.5. The minimum absolute atomic E-state index is 0. The zero-order valence-corrected chi connectivity index (χ0v) is 10.7. The number of hydrogen-bond donors (Lipinski definition) is 1. The van der Waals surface area contributed by atoms with Gasteiger partial charge in [-0.2, -0.15) is 0 Å². The molecular formula is CH3ClO6P2Zn+2. The van der Waals surface area contributed by atoms with Gasteiger partial charge in [-0.1, -0.05) is 11.6 Å². The van der Waals surface area contributed by atoms with Crippen LogP contribution in [0.4, 0.5) is 0 Å². The van der Waals surface area contributed by atoms with Crippen LogP contribution in [0.15, 0.2) is 0 Å². The van der Waals surface area contributed by atoms with Gasteiger partial charge in [-0.05, 0) is 9.13 Å². The second-order valence-corrected chi connectivity index (χ2v) is 2.44. The molecule has 0 saturated heterocycles. The Morgan fingerprint density at radius 3 is 1.55 bits per heavy atom. The Morgan fingerprint density at radius 2 is 1.55 bits per heavy atom. The van der Waals surface area contributed by atoms with Crippen LogP contribution in [0.3, 0.4) is 0 Å². The van der Waals surface area contributed by atoms with Crippen LogP contribution in [0.1, 0.15) is 0 Å². The van der Waals surface area contributed by atoms with Crippen molar-refractivity contribution >= 4 is 28.1 Å². The minimum atomic E-state index is -3.24. The maximum atomic E-state index is 9.24. The molecule has 0 radical (unpaired) electrons. The Bertz CT molecular complexity index is 107. The smallest absolute Gasteiger partial charge is 0.563 e. The van der Waals surface area contributed by atoms with Crippen molar-refractivity contribution in [2.75, 3.05) is 6.07 Å². The van der Waals surface area contributed by atoms with E-state index < -0.39 is 16.5 Å². The van der Waals surface area contributed by atoms with Crippen molar-refractivity contribution in [3.63, 3.8) is 0 Å². The van der Waals surface area contributed by atoms with E-state index in [4.69, 9.17) is 5.11 Å². The van der Waals surface area contributed by atoms with Crippen LogP contribution in [0.2, 0.25) is 0 Å². The summed E-state index contributed by atoms with van der Waals surface area (Å²) in [6, 6.07) is -0.278. The predicted octanol–water partition coefficient (Wildman–Crippen LogP) is -0.789. The molecule has 0 bridgehead atoms. The third-order valence-electron chi connectivity index (χ3n) is 0.133. The van der Waals surface area contributed by atoms with Crippen molar-refractivity contribution in [2.24, 2.45) is 0 Å². The maximum Gasteiger partial charge on any atom is 2.00 e. The molecule has 0 aliphatic heterocycles. The predicted molar refractivity (Wildman–Crippen MR) is 29.2 cm³/mol. The molecule has 0 aliphatic carbocycles. The standard InChI is InChI=1S/CH3ClO.O5P2.Zn/c2-1-3;1-6(2)5-7(3)4;/h3H,1H2;;/q;;+2. The van der Waals surface area contributed by atoms with Gasteiger partial charge >= 0.3 is 36.0 Å². The molecule has 0 amide bonds. The third-order valence-corrected chi connectivity index (χ3v) is 1.20. The summed E-state index contributed by atoms with van der Waals surface area (Å²) < 4.78 is 21.6. The molecule has 1 N–H and O–H groups in total. The molecule has 0 fully saturated rings. The summed E-state index contributed by atoms with van der Waals surface area (Å²) in [7, 11) is -6.47. The second kappa shape index (κ2) is 13.5. The fourth-order valence-corrected chi connectivity index (χ4v) is 0.490. The molecule has 0 aromatic rings. The van der Waals surface area contributed by atoms with Gasteiger partial charge in [-0.15, -0.1) is 0 Å². The van der Waals surface area contributed by atoms with Crippen molar-refractivity contribution in [1.82, 2.24) is 0 Å². The van der Waals surface area contributed by atoms with Crippen LogP contribution >= 0.6 is 28.1 Å². The van der Waals surface area contributed by atoms with E-state index in [0.717, 1.165) is 0 Å². The fraction of sp³-hybridized carbons (Fsp3) is 1.00. The van der Waals surface area contributed by atoms with Crippen LogP contribution in [0.25, 0.3) is 0 Å². The Labute approximate surface area is 82.2 Å².